The average Bonchev–Trinajstić information content (AvgIpc) is 2.57. The van der Waals surface area contributed by atoms with Crippen molar-refractivity contribution in [3.63, 3.8) is 0 Å². The highest BCUT2D eigenvalue weighted by Gasteiger charge is 2.26. The largest absolute Gasteiger partial charge is 0.388 e. The molecular formula is C10H11FINO2. The smallest absolute Gasteiger partial charge is 0.124 e. The van der Waals surface area contributed by atoms with Gasteiger partial charge < -0.3 is 15.2 Å². The first kappa shape index (κ1) is 11.1. The zero-order chi connectivity index (χ0) is 10.8. The summed E-state index contributed by atoms with van der Waals surface area (Å²) in [5.74, 6) is -0.256. The number of nitrogens with one attached hydrogen (secondary N) is 1. The first-order valence-corrected chi connectivity index (χ1v) is 5.72. The summed E-state index contributed by atoms with van der Waals surface area (Å²) >= 11 is 2.05. The molecular weight excluding hydrogens is 312 g/mol. The molecule has 1 heterocycles. The van der Waals surface area contributed by atoms with Gasteiger partial charge >= 0.3 is 0 Å². The van der Waals surface area contributed by atoms with Crippen LogP contribution >= 0.6 is 22.6 Å². The molecule has 2 rings (SSSR count). The van der Waals surface area contributed by atoms with Crippen molar-refractivity contribution in [1.82, 2.24) is 0 Å². The van der Waals surface area contributed by atoms with E-state index in [0.29, 0.717) is 13.2 Å². The molecule has 0 spiro atoms. The molecule has 2 N–H and O–H groups in total. The van der Waals surface area contributed by atoms with E-state index in [2.05, 4.69) is 27.9 Å². The molecule has 15 heavy (non-hydrogen) atoms. The lowest BCUT2D eigenvalue weighted by atomic mass is 10.2. The lowest BCUT2D eigenvalue weighted by Gasteiger charge is -2.16. The minimum absolute atomic E-state index is 0.107. The quantitative estimate of drug-likeness (QED) is 0.813. The van der Waals surface area contributed by atoms with Crippen molar-refractivity contribution in [2.75, 3.05) is 18.5 Å². The highest BCUT2D eigenvalue weighted by Crippen LogP contribution is 2.21. The predicted molar refractivity (Wildman–Crippen MR) is 63.4 cm³/mol. The summed E-state index contributed by atoms with van der Waals surface area (Å²) in [5.41, 5.74) is 0.826. The second kappa shape index (κ2) is 4.63. The fourth-order valence-corrected chi connectivity index (χ4v) is 2.12. The molecule has 1 saturated heterocycles. The number of ether oxygens (including phenoxy) is 1. The van der Waals surface area contributed by atoms with Crippen LogP contribution in [0.4, 0.5) is 10.1 Å². The van der Waals surface area contributed by atoms with Crippen molar-refractivity contribution < 1.29 is 14.2 Å². The van der Waals surface area contributed by atoms with E-state index in [0.717, 1.165) is 9.26 Å². The molecule has 0 aromatic heterocycles. The van der Waals surface area contributed by atoms with Crippen molar-refractivity contribution in [1.29, 1.82) is 0 Å². The van der Waals surface area contributed by atoms with Crippen LogP contribution in [0.5, 0.6) is 0 Å². The Morgan fingerprint density at radius 1 is 1.47 bits per heavy atom. The summed E-state index contributed by atoms with van der Waals surface area (Å²) in [6.07, 6.45) is -0.495. The van der Waals surface area contributed by atoms with Gasteiger partial charge in [-0.3, -0.25) is 0 Å². The van der Waals surface area contributed by atoms with Crippen molar-refractivity contribution in [3.8, 4) is 0 Å². The van der Waals surface area contributed by atoms with Gasteiger partial charge in [-0.15, -0.1) is 0 Å². The van der Waals surface area contributed by atoms with Gasteiger partial charge in [-0.2, -0.15) is 0 Å². The maximum absolute atomic E-state index is 12.8. The molecule has 2 unspecified atom stereocenters. The lowest BCUT2D eigenvalue weighted by molar-refractivity contribution is 0.125. The predicted octanol–water partition coefficient (Wildman–Crippen LogP) is 1.60. The second-order valence-electron chi connectivity index (χ2n) is 3.48. The molecule has 0 radical (unpaired) electrons. The molecule has 1 fully saturated rings. The Morgan fingerprint density at radius 2 is 2.27 bits per heavy atom. The third kappa shape index (κ3) is 2.59. The van der Waals surface area contributed by atoms with Crippen LogP contribution in [0.2, 0.25) is 0 Å². The van der Waals surface area contributed by atoms with Gasteiger partial charge in [0.25, 0.3) is 0 Å². The third-order valence-electron chi connectivity index (χ3n) is 2.32. The number of rotatable bonds is 2. The normalized spacial score (nSPS) is 25.5. The Kier molecular flexibility index (Phi) is 3.42. The van der Waals surface area contributed by atoms with Crippen LogP contribution in [0, 0.1) is 9.39 Å². The van der Waals surface area contributed by atoms with Crippen LogP contribution in [0.15, 0.2) is 18.2 Å². The topological polar surface area (TPSA) is 41.5 Å². The van der Waals surface area contributed by atoms with Crippen molar-refractivity contribution in [2.45, 2.75) is 12.1 Å². The highest BCUT2D eigenvalue weighted by atomic mass is 127. The summed E-state index contributed by atoms with van der Waals surface area (Å²) in [7, 11) is 0. The van der Waals surface area contributed by atoms with Crippen LogP contribution in [0.3, 0.4) is 0 Å². The molecule has 2 atom stereocenters. The summed E-state index contributed by atoms with van der Waals surface area (Å²) < 4.78 is 18.7. The van der Waals surface area contributed by atoms with E-state index in [1.807, 2.05) is 0 Å². The minimum Gasteiger partial charge on any atom is -0.388 e. The van der Waals surface area contributed by atoms with Gasteiger partial charge in [-0.25, -0.2) is 4.39 Å². The SMILES string of the molecule is OC1COCC1Nc1ccc(F)cc1I. The second-order valence-corrected chi connectivity index (χ2v) is 4.64. The number of hydrogen-bond acceptors (Lipinski definition) is 3. The van der Waals surface area contributed by atoms with Gasteiger partial charge in [-0.1, -0.05) is 0 Å². The van der Waals surface area contributed by atoms with Gasteiger partial charge in [-0.05, 0) is 40.8 Å². The van der Waals surface area contributed by atoms with Crippen LogP contribution in [0.25, 0.3) is 0 Å². The standard InChI is InChI=1S/C10H11FINO2/c11-6-1-2-8(7(12)3-6)13-9-4-15-5-10(9)14/h1-3,9-10,13-14H,4-5H2. The van der Waals surface area contributed by atoms with Crippen LogP contribution < -0.4 is 5.32 Å². The summed E-state index contributed by atoms with van der Waals surface area (Å²) in [6.45, 7) is 0.837. The zero-order valence-electron chi connectivity index (χ0n) is 7.91. The van der Waals surface area contributed by atoms with Crippen LogP contribution in [0.1, 0.15) is 0 Å². The number of anilines is 1. The van der Waals surface area contributed by atoms with E-state index >= 15 is 0 Å². The zero-order valence-corrected chi connectivity index (χ0v) is 10.1. The number of benzene rings is 1. The molecule has 3 nitrogen and oxygen atoms in total. The van der Waals surface area contributed by atoms with Crippen LogP contribution in [-0.4, -0.2) is 30.5 Å². The molecule has 1 aliphatic rings. The van der Waals surface area contributed by atoms with Gasteiger partial charge in [0.1, 0.15) is 5.82 Å². The van der Waals surface area contributed by atoms with E-state index in [4.69, 9.17) is 4.74 Å². The molecule has 0 bridgehead atoms. The van der Waals surface area contributed by atoms with Crippen LogP contribution in [-0.2, 0) is 4.74 Å². The van der Waals surface area contributed by atoms with E-state index in [9.17, 15) is 9.50 Å². The molecule has 5 heteroatoms. The Labute approximate surface area is 101 Å². The molecule has 0 amide bonds. The number of halogens is 2. The molecule has 82 valence electrons. The number of aliphatic hydroxyl groups is 1. The maximum atomic E-state index is 12.8. The Bertz CT molecular complexity index is 361. The molecule has 0 saturated carbocycles. The first-order chi connectivity index (χ1) is 7.16. The fraction of sp³-hybridized carbons (Fsp3) is 0.400. The molecule has 1 aromatic carbocycles. The van der Waals surface area contributed by atoms with Gasteiger partial charge in [0, 0.05) is 9.26 Å². The average molecular weight is 323 g/mol. The van der Waals surface area contributed by atoms with E-state index in [1.165, 1.54) is 12.1 Å². The maximum Gasteiger partial charge on any atom is 0.124 e. The monoisotopic (exact) mass is 323 g/mol. The number of hydrogen-bond donors (Lipinski definition) is 2. The van der Waals surface area contributed by atoms with E-state index in [-0.39, 0.29) is 11.9 Å². The van der Waals surface area contributed by atoms with Crippen molar-refractivity contribution in [3.05, 3.63) is 27.6 Å². The van der Waals surface area contributed by atoms with Crippen molar-refractivity contribution in [2.24, 2.45) is 0 Å². The van der Waals surface area contributed by atoms with Gasteiger partial charge in [0.05, 0.1) is 25.4 Å². The number of aliphatic hydroxyl groups excluding tert-OH is 1. The fourth-order valence-electron chi connectivity index (χ4n) is 1.49. The molecule has 1 aliphatic heterocycles. The Morgan fingerprint density at radius 3 is 2.87 bits per heavy atom. The summed E-state index contributed by atoms with van der Waals surface area (Å²) in [4.78, 5) is 0. The van der Waals surface area contributed by atoms with Crippen molar-refractivity contribution >= 4 is 28.3 Å². The third-order valence-corrected chi connectivity index (χ3v) is 3.22. The summed E-state index contributed by atoms with van der Waals surface area (Å²) in [5, 5.41) is 12.7. The first-order valence-electron chi connectivity index (χ1n) is 4.64. The lowest BCUT2D eigenvalue weighted by Crippen LogP contribution is -2.32. The highest BCUT2D eigenvalue weighted by molar-refractivity contribution is 14.1. The summed E-state index contributed by atoms with van der Waals surface area (Å²) in [6, 6.07) is 4.41. The van der Waals surface area contributed by atoms with Gasteiger partial charge in [0.15, 0.2) is 0 Å². The molecule has 0 aliphatic carbocycles. The Balaban J connectivity index is 2.10. The molecule has 1 aromatic rings. The Hall–Kier alpha value is -0.400. The van der Waals surface area contributed by atoms with E-state index in [1.54, 1.807) is 6.07 Å². The minimum atomic E-state index is -0.495. The van der Waals surface area contributed by atoms with E-state index < -0.39 is 6.10 Å². The van der Waals surface area contributed by atoms with Gasteiger partial charge in [0.2, 0.25) is 0 Å².